The van der Waals surface area contributed by atoms with Crippen LogP contribution >= 0.6 is 0 Å². The summed E-state index contributed by atoms with van der Waals surface area (Å²) >= 11 is 0. The van der Waals surface area contributed by atoms with Gasteiger partial charge in [-0.05, 0) is 97.5 Å². The van der Waals surface area contributed by atoms with Gasteiger partial charge in [-0.3, -0.25) is 9.78 Å². The number of carbonyl (C=O) groups excluding carboxylic acids is 1. The van der Waals surface area contributed by atoms with Gasteiger partial charge < -0.3 is 4.74 Å². The molecule has 4 aliphatic rings. The number of hydrogen-bond donors (Lipinski definition) is 0. The molecule has 0 saturated heterocycles. The summed E-state index contributed by atoms with van der Waals surface area (Å²) in [4.78, 5) is 17.0. The van der Waals surface area contributed by atoms with Crippen molar-refractivity contribution in [3.63, 3.8) is 0 Å². The van der Waals surface area contributed by atoms with E-state index in [4.69, 9.17) is 4.74 Å². The molecule has 0 spiro atoms. The van der Waals surface area contributed by atoms with Crippen LogP contribution in [0.3, 0.4) is 0 Å². The van der Waals surface area contributed by atoms with Crippen molar-refractivity contribution in [1.29, 1.82) is 0 Å². The van der Waals surface area contributed by atoms with Crippen molar-refractivity contribution < 1.29 is 9.53 Å². The molecular formula is C34H51NO2. The average Bonchev–Trinajstić information content (AvgIpc) is 3.26. The fraction of sp³-hybridized carbons (Fsp3) is 0.765. The molecule has 0 amide bonds. The number of rotatable bonds is 10. The summed E-state index contributed by atoms with van der Waals surface area (Å²) in [5.74, 6) is 3.13. The Morgan fingerprint density at radius 1 is 1.00 bits per heavy atom. The zero-order chi connectivity index (χ0) is 25.9. The van der Waals surface area contributed by atoms with Crippen LogP contribution in [0.1, 0.15) is 135 Å². The molecule has 0 bridgehead atoms. The number of fused-ring (bicyclic) bond motifs is 5. The third-order valence-corrected chi connectivity index (χ3v) is 11.4. The van der Waals surface area contributed by atoms with Gasteiger partial charge in [0.25, 0.3) is 0 Å². The van der Waals surface area contributed by atoms with E-state index in [9.17, 15) is 4.79 Å². The van der Waals surface area contributed by atoms with Crippen molar-refractivity contribution in [2.75, 3.05) is 0 Å². The molecule has 0 aromatic carbocycles. The first-order chi connectivity index (χ1) is 18.0. The molecule has 1 heterocycles. The van der Waals surface area contributed by atoms with E-state index in [0.717, 1.165) is 43.4 Å². The quantitative estimate of drug-likeness (QED) is 0.181. The zero-order valence-corrected chi connectivity index (χ0v) is 23.9. The second-order valence-electron chi connectivity index (χ2n) is 13.4. The molecule has 4 aliphatic carbocycles. The lowest BCUT2D eigenvalue weighted by atomic mass is 9.47. The molecule has 3 nitrogen and oxygen atoms in total. The monoisotopic (exact) mass is 505 g/mol. The van der Waals surface area contributed by atoms with Crippen LogP contribution in [0, 0.1) is 28.6 Å². The summed E-state index contributed by atoms with van der Waals surface area (Å²) in [6.07, 6.45) is 25.8. The number of pyridine rings is 1. The van der Waals surface area contributed by atoms with Crippen LogP contribution in [0.5, 0.6) is 0 Å². The van der Waals surface area contributed by atoms with E-state index in [1.54, 1.807) is 5.57 Å². The van der Waals surface area contributed by atoms with E-state index in [-0.39, 0.29) is 12.1 Å². The molecule has 0 aliphatic heterocycles. The summed E-state index contributed by atoms with van der Waals surface area (Å²) in [5.41, 5.74) is 3.79. The highest BCUT2D eigenvalue weighted by molar-refractivity contribution is 5.69. The number of allylic oxidation sites excluding steroid dienone is 1. The Balaban J connectivity index is 1.16. The molecule has 37 heavy (non-hydrogen) atoms. The second-order valence-corrected chi connectivity index (χ2v) is 13.4. The summed E-state index contributed by atoms with van der Waals surface area (Å²) in [7, 11) is 0. The van der Waals surface area contributed by atoms with Gasteiger partial charge in [-0.15, -0.1) is 0 Å². The summed E-state index contributed by atoms with van der Waals surface area (Å²) in [5, 5.41) is 0. The maximum absolute atomic E-state index is 12.6. The van der Waals surface area contributed by atoms with Crippen LogP contribution in [0.4, 0.5) is 0 Å². The van der Waals surface area contributed by atoms with Gasteiger partial charge in [-0.2, -0.15) is 0 Å². The van der Waals surface area contributed by atoms with Crippen LogP contribution in [-0.4, -0.2) is 17.1 Å². The second kappa shape index (κ2) is 11.6. The number of carbonyl (C=O) groups is 1. The van der Waals surface area contributed by atoms with Crippen molar-refractivity contribution >= 4 is 5.97 Å². The van der Waals surface area contributed by atoms with Gasteiger partial charge in [0.1, 0.15) is 6.10 Å². The first-order valence-corrected chi connectivity index (χ1v) is 15.7. The highest BCUT2D eigenvalue weighted by Gasteiger charge is 2.58. The zero-order valence-electron chi connectivity index (χ0n) is 23.9. The molecule has 204 valence electrons. The van der Waals surface area contributed by atoms with Gasteiger partial charge in [-0.1, -0.05) is 77.0 Å². The maximum atomic E-state index is 12.6. The van der Waals surface area contributed by atoms with Gasteiger partial charge >= 0.3 is 5.97 Å². The van der Waals surface area contributed by atoms with E-state index < -0.39 is 0 Å². The molecule has 1 aromatic rings. The first-order valence-electron chi connectivity index (χ1n) is 15.7. The molecule has 0 N–H and O–H groups in total. The summed E-state index contributed by atoms with van der Waals surface area (Å²) in [6, 6.07) is 4.43. The van der Waals surface area contributed by atoms with Crippen LogP contribution in [-0.2, 0) is 9.53 Å². The minimum Gasteiger partial charge on any atom is -0.462 e. The van der Waals surface area contributed by atoms with E-state index in [1.165, 1.54) is 76.2 Å². The minimum absolute atomic E-state index is 0.0391. The number of unbranched alkanes of at least 4 members (excludes halogenated alkanes) is 6. The van der Waals surface area contributed by atoms with Crippen LogP contribution in [0.25, 0.3) is 0 Å². The highest BCUT2D eigenvalue weighted by atomic mass is 16.5. The predicted molar refractivity (Wildman–Crippen MR) is 151 cm³/mol. The predicted octanol–water partition coefficient (Wildman–Crippen LogP) is 9.18. The van der Waals surface area contributed by atoms with Crippen LogP contribution in [0.15, 0.2) is 36.2 Å². The SMILES string of the molecule is CCCCCCCCCC(=O)O[C@H]1CC[C@@]2(C)C(=CC[C@@H]3[C@@H]2CC[C@]2(C)C(c4cccnc4)CC[C@@H]32)C1. The molecule has 7 atom stereocenters. The Morgan fingerprint density at radius 3 is 2.59 bits per heavy atom. The third kappa shape index (κ3) is 5.44. The molecule has 1 unspecified atom stereocenters. The summed E-state index contributed by atoms with van der Waals surface area (Å²) < 4.78 is 6.03. The van der Waals surface area contributed by atoms with E-state index in [2.05, 4.69) is 50.2 Å². The molecule has 0 radical (unpaired) electrons. The number of nitrogens with zero attached hydrogens (tertiary/aromatic N) is 1. The fourth-order valence-corrected chi connectivity index (χ4v) is 9.33. The number of esters is 1. The van der Waals surface area contributed by atoms with E-state index in [0.29, 0.717) is 23.2 Å². The van der Waals surface area contributed by atoms with Crippen molar-refractivity contribution in [3.05, 3.63) is 41.7 Å². The fourth-order valence-electron chi connectivity index (χ4n) is 9.33. The normalized spacial score (nSPS) is 36.7. The Kier molecular flexibility index (Phi) is 8.46. The average molecular weight is 506 g/mol. The van der Waals surface area contributed by atoms with Crippen molar-refractivity contribution in [2.45, 2.75) is 136 Å². The van der Waals surface area contributed by atoms with Gasteiger partial charge in [0.05, 0.1) is 0 Å². The lowest BCUT2D eigenvalue weighted by molar-refractivity contribution is -0.151. The molecule has 1 aromatic heterocycles. The lowest BCUT2D eigenvalue weighted by Gasteiger charge is -2.58. The Hall–Kier alpha value is -1.64. The van der Waals surface area contributed by atoms with E-state index in [1.807, 2.05) is 6.20 Å². The third-order valence-electron chi connectivity index (χ3n) is 11.4. The lowest BCUT2D eigenvalue weighted by Crippen LogP contribution is -2.50. The Bertz CT molecular complexity index is 940. The highest BCUT2D eigenvalue weighted by Crippen LogP contribution is 2.68. The smallest absolute Gasteiger partial charge is 0.306 e. The molecular weight excluding hydrogens is 454 g/mol. The van der Waals surface area contributed by atoms with Crippen LogP contribution in [0.2, 0.25) is 0 Å². The van der Waals surface area contributed by atoms with Gasteiger partial charge in [0, 0.05) is 25.2 Å². The Morgan fingerprint density at radius 2 is 1.81 bits per heavy atom. The topological polar surface area (TPSA) is 39.2 Å². The van der Waals surface area contributed by atoms with Crippen molar-refractivity contribution in [3.8, 4) is 0 Å². The first kappa shape index (κ1) is 26.9. The summed E-state index contributed by atoms with van der Waals surface area (Å²) in [6.45, 7) is 7.41. The number of ether oxygens (including phenoxy) is 1. The molecule has 3 fully saturated rings. The Labute approximate surface area is 226 Å². The minimum atomic E-state index is 0.0391. The maximum Gasteiger partial charge on any atom is 0.306 e. The number of aromatic nitrogens is 1. The van der Waals surface area contributed by atoms with Crippen LogP contribution < -0.4 is 0 Å². The molecule has 5 rings (SSSR count). The van der Waals surface area contributed by atoms with Gasteiger partial charge in [0.2, 0.25) is 0 Å². The van der Waals surface area contributed by atoms with Crippen molar-refractivity contribution in [2.24, 2.45) is 28.6 Å². The largest absolute Gasteiger partial charge is 0.462 e. The molecule has 3 heteroatoms. The van der Waals surface area contributed by atoms with Gasteiger partial charge in [0.15, 0.2) is 0 Å². The molecule has 3 saturated carbocycles. The van der Waals surface area contributed by atoms with E-state index >= 15 is 0 Å². The standard InChI is InChI=1S/C34H51NO2/c1-4-5-6-7-8-9-10-13-32(36)37-27-18-20-33(2)26(23-27)14-15-28-30-17-16-29(25-12-11-22-35-24-25)34(30,3)21-19-31(28)33/h11-12,14,22,24,27-31H,4-10,13,15-21,23H2,1-3H3/t27-,28-,29?,30-,31-,33-,34+/m0/s1. The van der Waals surface area contributed by atoms with Crippen molar-refractivity contribution in [1.82, 2.24) is 4.98 Å². The number of hydrogen-bond acceptors (Lipinski definition) is 3. The van der Waals surface area contributed by atoms with Gasteiger partial charge in [-0.25, -0.2) is 0 Å².